The Morgan fingerprint density at radius 2 is 1.26 bits per heavy atom. The van der Waals surface area contributed by atoms with Crippen LogP contribution < -0.4 is 15.7 Å². The molecule has 1 aliphatic carbocycles. The highest BCUT2D eigenvalue weighted by Crippen LogP contribution is 2.44. The highest BCUT2D eigenvalue weighted by Gasteiger charge is 2.50. The number of fused-ring (bicyclic) bond motifs is 3. The summed E-state index contributed by atoms with van der Waals surface area (Å²) in [6.45, 7) is 8.57. The second-order valence-corrected chi connectivity index (χ2v) is 16.5. The highest BCUT2D eigenvalue weighted by atomic mass is 28.4. The number of carbonyl (C=O) groups excluding carboxylic acids is 1. The third-order valence-electron chi connectivity index (χ3n) is 8.43. The van der Waals surface area contributed by atoms with E-state index in [9.17, 15) is 14.7 Å². The van der Waals surface area contributed by atoms with Crippen molar-refractivity contribution in [3.05, 3.63) is 120 Å². The molecular weight excluding hydrogens is 554 g/mol. The third-order valence-corrected chi connectivity index (χ3v) is 13.4. The number of amides is 1. The van der Waals surface area contributed by atoms with E-state index in [1.165, 1.54) is 0 Å². The van der Waals surface area contributed by atoms with Crippen LogP contribution in [0.2, 0.25) is 5.04 Å². The van der Waals surface area contributed by atoms with Crippen molar-refractivity contribution in [2.75, 3.05) is 13.2 Å². The maximum absolute atomic E-state index is 13.0. The van der Waals surface area contributed by atoms with Gasteiger partial charge in [-0.25, -0.2) is 9.59 Å². The minimum absolute atomic E-state index is 0.110. The molecule has 222 valence electrons. The number of hydrogen-bond donors (Lipinski definition) is 2. The summed E-state index contributed by atoms with van der Waals surface area (Å²) >= 11 is 0. The number of hydrogen-bond acceptors (Lipinski definition) is 4. The topological polar surface area (TPSA) is 84.9 Å². The SMILES string of the molecule is CC(CO[Si](c1ccccc1)(c1ccccc1)C(C)(C)C)[C@@H](NC(=O)OCC1c2ccccc2-c2ccccc21)C(=O)O. The van der Waals surface area contributed by atoms with Crippen LogP contribution in [0.5, 0.6) is 0 Å². The van der Waals surface area contributed by atoms with Crippen molar-refractivity contribution >= 4 is 30.8 Å². The molecule has 0 aliphatic heterocycles. The molecule has 43 heavy (non-hydrogen) atoms. The first-order chi connectivity index (χ1) is 20.6. The molecule has 4 aromatic rings. The normalized spacial score (nSPS) is 14.3. The van der Waals surface area contributed by atoms with Gasteiger partial charge >= 0.3 is 12.1 Å². The van der Waals surface area contributed by atoms with E-state index < -0.39 is 32.3 Å². The summed E-state index contributed by atoms with van der Waals surface area (Å²) < 4.78 is 12.6. The molecule has 0 saturated heterocycles. The fourth-order valence-corrected chi connectivity index (χ4v) is 11.0. The maximum atomic E-state index is 13.0. The second kappa shape index (κ2) is 12.6. The van der Waals surface area contributed by atoms with Gasteiger partial charge in [-0.2, -0.15) is 0 Å². The maximum Gasteiger partial charge on any atom is 0.407 e. The van der Waals surface area contributed by atoms with E-state index in [4.69, 9.17) is 9.16 Å². The summed E-state index contributed by atoms with van der Waals surface area (Å²) in [6, 6.07) is 35.4. The third kappa shape index (κ3) is 6.01. The van der Waals surface area contributed by atoms with E-state index in [1.54, 1.807) is 6.92 Å². The first-order valence-electron chi connectivity index (χ1n) is 14.7. The number of rotatable bonds is 10. The van der Waals surface area contributed by atoms with Crippen molar-refractivity contribution in [1.29, 1.82) is 0 Å². The van der Waals surface area contributed by atoms with Gasteiger partial charge in [-0.3, -0.25) is 0 Å². The van der Waals surface area contributed by atoms with Crippen LogP contribution >= 0.6 is 0 Å². The van der Waals surface area contributed by atoms with Crippen LogP contribution in [-0.4, -0.2) is 44.7 Å². The number of alkyl carbamates (subject to hydrolysis) is 1. The highest BCUT2D eigenvalue weighted by molar-refractivity contribution is 6.99. The van der Waals surface area contributed by atoms with Gasteiger partial charge in [0, 0.05) is 18.4 Å². The monoisotopic (exact) mass is 593 g/mol. The first-order valence-corrected chi connectivity index (χ1v) is 16.6. The number of nitrogens with one attached hydrogen (secondary N) is 1. The largest absolute Gasteiger partial charge is 0.480 e. The molecule has 0 fully saturated rings. The van der Waals surface area contributed by atoms with Crippen molar-refractivity contribution in [3.8, 4) is 11.1 Å². The second-order valence-electron chi connectivity index (χ2n) is 12.2. The lowest BCUT2D eigenvalue weighted by Gasteiger charge is -2.43. The summed E-state index contributed by atoms with van der Waals surface area (Å²) in [6.07, 6.45) is -0.758. The van der Waals surface area contributed by atoms with Crippen LogP contribution in [0.4, 0.5) is 4.79 Å². The fourth-order valence-electron chi connectivity index (χ4n) is 6.33. The molecule has 1 aliphatic rings. The smallest absolute Gasteiger partial charge is 0.407 e. The van der Waals surface area contributed by atoms with Crippen molar-refractivity contribution < 1.29 is 23.9 Å². The molecule has 1 amide bonds. The molecule has 0 spiro atoms. The van der Waals surface area contributed by atoms with Crippen molar-refractivity contribution in [2.24, 2.45) is 5.92 Å². The van der Waals surface area contributed by atoms with Gasteiger partial charge in [-0.05, 0) is 37.7 Å². The Balaban J connectivity index is 1.31. The Morgan fingerprint density at radius 1 is 0.791 bits per heavy atom. The summed E-state index contributed by atoms with van der Waals surface area (Å²) in [4.78, 5) is 25.4. The molecule has 2 atom stereocenters. The van der Waals surface area contributed by atoms with E-state index in [2.05, 4.69) is 62.5 Å². The van der Waals surface area contributed by atoms with E-state index >= 15 is 0 Å². The van der Waals surface area contributed by atoms with Crippen molar-refractivity contribution in [1.82, 2.24) is 5.32 Å². The zero-order valence-corrected chi connectivity index (χ0v) is 26.1. The molecule has 7 heteroatoms. The molecule has 2 N–H and O–H groups in total. The van der Waals surface area contributed by atoms with E-state index in [1.807, 2.05) is 72.8 Å². The molecule has 0 aromatic heterocycles. The Hall–Kier alpha value is -4.20. The Labute approximate surface area is 254 Å². The number of benzene rings is 4. The zero-order chi connectivity index (χ0) is 30.6. The number of carbonyl (C=O) groups is 2. The van der Waals surface area contributed by atoms with Gasteiger partial charge in [0.15, 0.2) is 0 Å². The van der Waals surface area contributed by atoms with Crippen molar-refractivity contribution in [2.45, 2.75) is 44.7 Å². The average molecular weight is 594 g/mol. The summed E-state index contributed by atoms with van der Waals surface area (Å²) in [7, 11) is -2.87. The van der Waals surface area contributed by atoms with Crippen LogP contribution in [0.15, 0.2) is 109 Å². The van der Waals surface area contributed by atoms with Crippen LogP contribution in [0.3, 0.4) is 0 Å². The average Bonchev–Trinajstić information content (AvgIpc) is 3.33. The van der Waals surface area contributed by atoms with Gasteiger partial charge in [0.25, 0.3) is 8.32 Å². The fraction of sp³-hybridized carbons (Fsp3) is 0.278. The molecule has 0 radical (unpaired) electrons. The first kappa shape index (κ1) is 30.3. The molecular formula is C36H39NO5Si. The van der Waals surface area contributed by atoms with E-state index in [0.717, 1.165) is 32.6 Å². The van der Waals surface area contributed by atoms with Gasteiger partial charge in [0.1, 0.15) is 12.6 Å². The van der Waals surface area contributed by atoms with Gasteiger partial charge in [0.2, 0.25) is 0 Å². The number of carboxylic acids is 1. The van der Waals surface area contributed by atoms with Crippen LogP contribution in [0, 0.1) is 5.92 Å². The Bertz CT molecular complexity index is 1480. The number of carboxylic acid groups (broad SMARTS) is 1. The minimum Gasteiger partial charge on any atom is -0.480 e. The van der Waals surface area contributed by atoms with Gasteiger partial charge < -0.3 is 19.6 Å². The Kier molecular flexibility index (Phi) is 8.85. The molecule has 0 saturated carbocycles. The van der Waals surface area contributed by atoms with Crippen LogP contribution in [0.1, 0.15) is 44.7 Å². The standard InChI is InChI=1S/C36H39NO5Si/c1-25(23-42-43(36(2,3)4,26-15-7-5-8-16-26)27-17-9-6-10-18-27)33(34(38)39)37-35(40)41-24-32-30-21-13-11-19-28(30)29-20-12-14-22-31(29)32/h5-22,25,32-33H,23-24H2,1-4H3,(H,37,40)(H,38,39)/t25?,33-/m1/s1. The summed E-state index contributed by atoms with van der Waals surface area (Å²) in [5.74, 6) is -1.77. The predicted molar refractivity (Wildman–Crippen MR) is 172 cm³/mol. The minimum atomic E-state index is -2.87. The molecule has 1 unspecified atom stereocenters. The molecule has 0 bridgehead atoms. The number of aliphatic carboxylic acids is 1. The lowest BCUT2D eigenvalue weighted by atomic mass is 9.98. The molecule has 4 aromatic carbocycles. The van der Waals surface area contributed by atoms with Gasteiger partial charge in [0.05, 0.1) is 0 Å². The van der Waals surface area contributed by atoms with Crippen LogP contribution in [0.25, 0.3) is 11.1 Å². The lowest BCUT2D eigenvalue weighted by Crippen LogP contribution is -2.67. The van der Waals surface area contributed by atoms with Gasteiger partial charge in [-0.1, -0.05) is 137 Å². The van der Waals surface area contributed by atoms with E-state index in [-0.39, 0.29) is 24.2 Å². The van der Waals surface area contributed by atoms with E-state index in [0.29, 0.717) is 0 Å². The van der Waals surface area contributed by atoms with Crippen molar-refractivity contribution in [3.63, 3.8) is 0 Å². The Morgan fingerprint density at radius 3 is 1.72 bits per heavy atom. The molecule has 6 nitrogen and oxygen atoms in total. The number of ether oxygens (including phenoxy) is 1. The zero-order valence-electron chi connectivity index (χ0n) is 25.1. The summed E-state index contributed by atoms with van der Waals surface area (Å²) in [5, 5.41) is 14.7. The molecule has 0 heterocycles. The summed E-state index contributed by atoms with van der Waals surface area (Å²) in [5.41, 5.74) is 4.45. The lowest BCUT2D eigenvalue weighted by molar-refractivity contribution is -0.141. The van der Waals surface area contributed by atoms with Gasteiger partial charge in [-0.15, -0.1) is 0 Å². The predicted octanol–water partition coefficient (Wildman–Crippen LogP) is 6.19. The van der Waals surface area contributed by atoms with Crippen LogP contribution in [-0.2, 0) is 14.0 Å². The quantitative estimate of drug-likeness (QED) is 0.214. The molecule has 5 rings (SSSR count).